The zero-order valence-electron chi connectivity index (χ0n) is 16.0. The molecule has 0 saturated carbocycles. The van der Waals surface area contributed by atoms with Crippen LogP contribution in [0.2, 0.25) is 10.0 Å². The van der Waals surface area contributed by atoms with Crippen LogP contribution in [-0.4, -0.2) is 6.21 Å². The van der Waals surface area contributed by atoms with Crippen molar-refractivity contribution in [3.8, 4) is 0 Å². The maximum atomic E-state index is 6.03. The maximum absolute atomic E-state index is 6.03. The van der Waals surface area contributed by atoms with Gasteiger partial charge in [-0.25, -0.2) is 0 Å². The number of anilines is 4. The fourth-order valence-corrected chi connectivity index (χ4v) is 3.36. The van der Waals surface area contributed by atoms with E-state index in [2.05, 4.69) is 51.8 Å². The van der Waals surface area contributed by atoms with E-state index in [1.807, 2.05) is 54.6 Å². The van der Waals surface area contributed by atoms with Gasteiger partial charge >= 0.3 is 0 Å². The third-order valence-corrected chi connectivity index (χ3v) is 5.25. The molecule has 0 heterocycles. The van der Waals surface area contributed by atoms with Gasteiger partial charge in [-0.3, -0.25) is 5.43 Å². The number of hydrazone groups is 1. The van der Waals surface area contributed by atoms with Gasteiger partial charge in [0.15, 0.2) is 0 Å². The van der Waals surface area contributed by atoms with E-state index >= 15 is 0 Å². The molecule has 0 aliphatic heterocycles. The molecule has 0 amide bonds. The van der Waals surface area contributed by atoms with Crippen LogP contribution in [-0.2, 0) is 0 Å². The van der Waals surface area contributed by atoms with Crippen LogP contribution in [0.3, 0.4) is 0 Å². The molecular formula is C25H19Cl2N3. The Bertz CT molecular complexity index is 1090. The predicted molar refractivity (Wildman–Crippen MR) is 129 cm³/mol. The van der Waals surface area contributed by atoms with Crippen LogP contribution in [0.4, 0.5) is 22.7 Å². The molecule has 4 aromatic carbocycles. The van der Waals surface area contributed by atoms with Crippen LogP contribution < -0.4 is 10.3 Å². The second kappa shape index (κ2) is 9.49. The van der Waals surface area contributed by atoms with E-state index in [-0.39, 0.29) is 0 Å². The number of halogens is 2. The van der Waals surface area contributed by atoms with Crippen molar-refractivity contribution < 1.29 is 0 Å². The topological polar surface area (TPSA) is 27.6 Å². The summed E-state index contributed by atoms with van der Waals surface area (Å²) in [6.07, 6.45) is 1.77. The molecule has 0 spiro atoms. The monoisotopic (exact) mass is 431 g/mol. The first kappa shape index (κ1) is 20.0. The summed E-state index contributed by atoms with van der Waals surface area (Å²) >= 11 is 12.0. The molecule has 4 rings (SSSR count). The molecule has 0 atom stereocenters. The lowest BCUT2D eigenvalue weighted by Crippen LogP contribution is -2.09. The Morgan fingerprint density at radius 3 is 1.77 bits per heavy atom. The Morgan fingerprint density at radius 2 is 1.20 bits per heavy atom. The molecule has 0 aliphatic rings. The highest BCUT2D eigenvalue weighted by Crippen LogP contribution is 2.33. The minimum atomic E-state index is 0.489. The van der Waals surface area contributed by atoms with Crippen LogP contribution in [0.25, 0.3) is 0 Å². The summed E-state index contributed by atoms with van der Waals surface area (Å²) in [5, 5.41) is 5.29. The molecule has 4 aromatic rings. The Hall–Kier alpha value is -3.27. The largest absolute Gasteiger partial charge is 0.311 e. The average molecular weight is 432 g/mol. The van der Waals surface area contributed by atoms with E-state index in [0.29, 0.717) is 10.0 Å². The number of rotatable bonds is 6. The number of nitrogens with zero attached hydrogens (tertiary/aromatic N) is 2. The Kier molecular flexibility index (Phi) is 6.33. The van der Waals surface area contributed by atoms with Gasteiger partial charge < -0.3 is 4.90 Å². The molecule has 0 aliphatic carbocycles. The lowest BCUT2D eigenvalue weighted by Gasteiger charge is -2.25. The Morgan fingerprint density at radius 1 is 0.633 bits per heavy atom. The van der Waals surface area contributed by atoms with Gasteiger partial charge in [-0.05, 0) is 60.2 Å². The van der Waals surface area contributed by atoms with E-state index in [0.717, 1.165) is 28.3 Å². The minimum Gasteiger partial charge on any atom is -0.311 e. The second-order valence-corrected chi connectivity index (χ2v) is 7.41. The third-order valence-electron chi connectivity index (χ3n) is 4.51. The van der Waals surface area contributed by atoms with Crippen molar-refractivity contribution in [3.63, 3.8) is 0 Å². The zero-order chi connectivity index (χ0) is 20.8. The van der Waals surface area contributed by atoms with Crippen molar-refractivity contribution in [1.29, 1.82) is 0 Å². The molecule has 0 saturated heterocycles. The van der Waals surface area contributed by atoms with Crippen LogP contribution in [0.1, 0.15) is 5.56 Å². The summed E-state index contributed by atoms with van der Waals surface area (Å²) in [4.78, 5) is 2.22. The zero-order valence-corrected chi connectivity index (χ0v) is 17.6. The fourth-order valence-electron chi connectivity index (χ4n) is 3.06. The molecule has 1 N–H and O–H groups in total. The maximum Gasteiger partial charge on any atom is 0.0613 e. The molecule has 3 nitrogen and oxygen atoms in total. The number of para-hydroxylation sites is 2. The number of hydrogen-bond donors (Lipinski definition) is 1. The highest BCUT2D eigenvalue weighted by Gasteiger charge is 2.11. The third kappa shape index (κ3) is 4.82. The molecule has 0 aromatic heterocycles. The molecule has 30 heavy (non-hydrogen) atoms. The second-order valence-electron chi connectivity index (χ2n) is 6.60. The average Bonchev–Trinajstić information content (AvgIpc) is 2.79. The molecule has 5 heteroatoms. The van der Waals surface area contributed by atoms with Gasteiger partial charge in [0.2, 0.25) is 0 Å². The van der Waals surface area contributed by atoms with Gasteiger partial charge in [0.05, 0.1) is 21.9 Å². The summed E-state index contributed by atoms with van der Waals surface area (Å²) in [6.45, 7) is 0. The standard InChI is InChI=1S/C25H19Cl2N3/c26-24-16-13-20(17-25(24)27)29-28-18-19-11-14-23(15-12-19)30(21-7-3-1-4-8-21)22-9-5-2-6-10-22/h1-18,29H. The molecular weight excluding hydrogens is 413 g/mol. The van der Waals surface area contributed by atoms with Crippen LogP contribution in [0.15, 0.2) is 108 Å². The van der Waals surface area contributed by atoms with Gasteiger partial charge in [0, 0.05) is 17.1 Å². The van der Waals surface area contributed by atoms with Crippen molar-refractivity contribution in [2.45, 2.75) is 0 Å². The van der Waals surface area contributed by atoms with Gasteiger partial charge in [-0.2, -0.15) is 5.10 Å². The van der Waals surface area contributed by atoms with Crippen molar-refractivity contribution in [2.24, 2.45) is 5.10 Å². The van der Waals surface area contributed by atoms with Gasteiger partial charge in [-0.15, -0.1) is 0 Å². The van der Waals surface area contributed by atoms with Gasteiger partial charge in [0.1, 0.15) is 0 Å². The van der Waals surface area contributed by atoms with Crippen LogP contribution in [0, 0.1) is 0 Å². The number of benzene rings is 4. The van der Waals surface area contributed by atoms with E-state index in [9.17, 15) is 0 Å². The van der Waals surface area contributed by atoms with Crippen molar-refractivity contribution >= 4 is 52.2 Å². The fraction of sp³-hybridized carbons (Fsp3) is 0. The molecule has 0 unspecified atom stereocenters. The predicted octanol–water partition coefficient (Wildman–Crippen LogP) is 7.91. The minimum absolute atomic E-state index is 0.489. The first-order chi connectivity index (χ1) is 14.7. The Labute approximate surface area is 186 Å². The first-order valence-electron chi connectivity index (χ1n) is 9.45. The van der Waals surface area contributed by atoms with Crippen molar-refractivity contribution in [2.75, 3.05) is 10.3 Å². The lowest BCUT2D eigenvalue weighted by molar-refractivity contribution is 1.28. The van der Waals surface area contributed by atoms with Gasteiger partial charge in [-0.1, -0.05) is 71.7 Å². The Balaban J connectivity index is 1.54. The molecule has 0 fully saturated rings. The van der Waals surface area contributed by atoms with E-state index < -0.39 is 0 Å². The smallest absolute Gasteiger partial charge is 0.0613 e. The first-order valence-corrected chi connectivity index (χ1v) is 10.2. The van der Waals surface area contributed by atoms with E-state index in [1.54, 1.807) is 18.3 Å². The highest BCUT2D eigenvalue weighted by atomic mass is 35.5. The summed E-state index contributed by atoms with van der Waals surface area (Å²) in [5.74, 6) is 0. The molecule has 148 valence electrons. The SMILES string of the molecule is Clc1ccc(NN=Cc2ccc(N(c3ccccc3)c3ccccc3)cc2)cc1Cl. The molecule has 0 radical (unpaired) electrons. The van der Waals surface area contributed by atoms with Gasteiger partial charge in [0.25, 0.3) is 0 Å². The quantitative estimate of drug-likeness (QED) is 0.248. The van der Waals surface area contributed by atoms with Crippen molar-refractivity contribution in [3.05, 3.63) is 119 Å². The normalized spacial score (nSPS) is 10.9. The number of nitrogens with one attached hydrogen (secondary N) is 1. The summed E-state index contributed by atoms with van der Waals surface area (Å²) in [5.41, 5.74) is 8.00. The highest BCUT2D eigenvalue weighted by molar-refractivity contribution is 6.42. The summed E-state index contributed by atoms with van der Waals surface area (Å²) < 4.78 is 0. The van der Waals surface area contributed by atoms with Crippen molar-refractivity contribution in [1.82, 2.24) is 0 Å². The molecule has 0 bridgehead atoms. The summed E-state index contributed by atoms with van der Waals surface area (Å²) in [6, 6.07) is 34.2. The van der Waals surface area contributed by atoms with Crippen LogP contribution >= 0.6 is 23.2 Å². The van der Waals surface area contributed by atoms with E-state index in [1.165, 1.54) is 0 Å². The lowest BCUT2D eigenvalue weighted by atomic mass is 10.1. The van der Waals surface area contributed by atoms with Crippen LogP contribution in [0.5, 0.6) is 0 Å². The van der Waals surface area contributed by atoms with E-state index in [4.69, 9.17) is 23.2 Å². The summed E-state index contributed by atoms with van der Waals surface area (Å²) in [7, 11) is 0. The number of hydrogen-bond acceptors (Lipinski definition) is 3.